The van der Waals surface area contributed by atoms with Gasteiger partial charge in [-0.1, -0.05) is 36.8 Å². The molecule has 1 aromatic heterocycles. The zero-order chi connectivity index (χ0) is 14.8. The molecule has 0 aliphatic carbocycles. The number of nitrogens with one attached hydrogen (secondary N) is 2. The van der Waals surface area contributed by atoms with Gasteiger partial charge in [0.1, 0.15) is 0 Å². The van der Waals surface area contributed by atoms with E-state index in [9.17, 15) is 0 Å². The average molecular weight is 299 g/mol. The Balaban J connectivity index is 1.52. The van der Waals surface area contributed by atoms with E-state index in [0.717, 1.165) is 25.1 Å². The summed E-state index contributed by atoms with van der Waals surface area (Å²) in [7, 11) is 0. The molecule has 0 unspecified atom stereocenters. The summed E-state index contributed by atoms with van der Waals surface area (Å²) in [5.41, 5.74) is 2.38. The molecule has 21 heavy (non-hydrogen) atoms. The van der Waals surface area contributed by atoms with Crippen LogP contribution in [0.5, 0.6) is 0 Å². The lowest BCUT2D eigenvalue weighted by Gasteiger charge is -2.10. The molecule has 2 aromatic rings. The number of anilines is 1. The Morgan fingerprint density at radius 2 is 1.71 bits per heavy atom. The predicted octanol–water partition coefficient (Wildman–Crippen LogP) is 3.78. The van der Waals surface area contributed by atoms with Crippen LogP contribution >= 0.6 is 12.2 Å². The molecular formula is C17H21N3S. The van der Waals surface area contributed by atoms with Crippen LogP contribution in [0.15, 0.2) is 54.9 Å². The fourth-order valence-electron chi connectivity index (χ4n) is 2.09. The predicted molar refractivity (Wildman–Crippen MR) is 92.5 cm³/mol. The number of hydrogen-bond acceptors (Lipinski definition) is 2. The number of thiocarbonyl (C=S) groups is 1. The van der Waals surface area contributed by atoms with Crippen LogP contribution in [0.3, 0.4) is 0 Å². The number of pyridine rings is 1. The number of aryl methyl sites for hydroxylation is 1. The molecule has 0 fully saturated rings. The number of nitrogens with zero attached hydrogens (tertiary/aromatic N) is 1. The summed E-state index contributed by atoms with van der Waals surface area (Å²) >= 11 is 5.25. The normalized spacial score (nSPS) is 10.1. The third-order valence-electron chi connectivity index (χ3n) is 3.21. The highest BCUT2D eigenvalue weighted by atomic mass is 32.1. The number of benzene rings is 1. The van der Waals surface area contributed by atoms with E-state index in [2.05, 4.69) is 45.9 Å². The summed E-state index contributed by atoms with van der Waals surface area (Å²) in [6, 6.07) is 14.4. The Labute approximate surface area is 131 Å². The van der Waals surface area contributed by atoms with Gasteiger partial charge in [0, 0.05) is 24.6 Å². The fraction of sp³-hybridized carbons (Fsp3) is 0.294. The van der Waals surface area contributed by atoms with Gasteiger partial charge in [-0.25, -0.2) is 0 Å². The summed E-state index contributed by atoms with van der Waals surface area (Å²) in [4.78, 5) is 3.97. The molecule has 0 bridgehead atoms. The molecule has 0 aliphatic rings. The topological polar surface area (TPSA) is 37.0 Å². The molecule has 0 atom stereocenters. The zero-order valence-corrected chi connectivity index (χ0v) is 12.9. The molecule has 0 spiro atoms. The van der Waals surface area contributed by atoms with Crippen LogP contribution in [0.25, 0.3) is 0 Å². The summed E-state index contributed by atoms with van der Waals surface area (Å²) in [6.45, 7) is 0.908. The van der Waals surface area contributed by atoms with Crippen molar-refractivity contribution in [2.24, 2.45) is 0 Å². The van der Waals surface area contributed by atoms with Crippen molar-refractivity contribution >= 4 is 23.0 Å². The summed E-state index contributed by atoms with van der Waals surface area (Å²) in [5.74, 6) is 0. The van der Waals surface area contributed by atoms with Gasteiger partial charge < -0.3 is 10.6 Å². The molecule has 1 heterocycles. The maximum atomic E-state index is 5.25. The molecule has 0 saturated heterocycles. The van der Waals surface area contributed by atoms with Crippen LogP contribution < -0.4 is 10.6 Å². The molecule has 1 aromatic carbocycles. The van der Waals surface area contributed by atoms with E-state index in [1.807, 2.05) is 12.1 Å². The Morgan fingerprint density at radius 3 is 2.48 bits per heavy atom. The van der Waals surface area contributed by atoms with Gasteiger partial charge >= 0.3 is 0 Å². The summed E-state index contributed by atoms with van der Waals surface area (Å²) in [6.07, 6.45) is 8.20. The van der Waals surface area contributed by atoms with Crippen LogP contribution in [-0.4, -0.2) is 16.6 Å². The molecule has 4 heteroatoms. The van der Waals surface area contributed by atoms with E-state index < -0.39 is 0 Å². The van der Waals surface area contributed by atoms with Gasteiger partial charge in [0.2, 0.25) is 0 Å². The Bertz CT molecular complexity index is 528. The second kappa shape index (κ2) is 9.08. The van der Waals surface area contributed by atoms with Gasteiger partial charge in [-0.3, -0.25) is 4.98 Å². The number of hydrogen-bond donors (Lipinski definition) is 2. The lowest BCUT2D eigenvalue weighted by atomic mass is 10.1. The molecule has 0 aliphatic heterocycles. The molecule has 2 rings (SSSR count). The first-order valence-electron chi connectivity index (χ1n) is 7.33. The van der Waals surface area contributed by atoms with Gasteiger partial charge in [0.25, 0.3) is 0 Å². The molecule has 3 nitrogen and oxygen atoms in total. The molecule has 0 saturated carbocycles. The molecular weight excluding hydrogens is 278 g/mol. The largest absolute Gasteiger partial charge is 0.362 e. The average Bonchev–Trinajstić information content (AvgIpc) is 2.53. The van der Waals surface area contributed by atoms with E-state index in [1.165, 1.54) is 18.4 Å². The van der Waals surface area contributed by atoms with E-state index >= 15 is 0 Å². The van der Waals surface area contributed by atoms with Crippen molar-refractivity contribution < 1.29 is 0 Å². The minimum absolute atomic E-state index is 0.671. The van der Waals surface area contributed by atoms with Crippen LogP contribution in [0.1, 0.15) is 24.8 Å². The van der Waals surface area contributed by atoms with Gasteiger partial charge in [0.05, 0.1) is 0 Å². The zero-order valence-electron chi connectivity index (χ0n) is 12.1. The van der Waals surface area contributed by atoms with Crippen LogP contribution in [-0.2, 0) is 6.42 Å². The SMILES string of the molecule is S=C(NCCCCCc1ccccc1)Nc1ccncc1. The third kappa shape index (κ3) is 6.36. The second-order valence-electron chi connectivity index (χ2n) is 4.91. The van der Waals surface area contributed by atoms with Crippen molar-refractivity contribution in [2.45, 2.75) is 25.7 Å². The quantitative estimate of drug-likeness (QED) is 0.602. The van der Waals surface area contributed by atoms with Gasteiger partial charge in [0.15, 0.2) is 5.11 Å². The van der Waals surface area contributed by atoms with Crippen LogP contribution in [0, 0.1) is 0 Å². The maximum absolute atomic E-state index is 5.25. The van der Waals surface area contributed by atoms with E-state index in [1.54, 1.807) is 12.4 Å². The third-order valence-corrected chi connectivity index (χ3v) is 3.46. The van der Waals surface area contributed by atoms with Crippen molar-refractivity contribution in [3.8, 4) is 0 Å². The molecule has 2 N–H and O–H groups in total. The molecule has 0 amide bonds. The monoisotopic (exact) mass is 299 g/mol. The Morgan fingerprint density at radius 1 is 0.952 bits per heavy atom. The van der Waals surface area contributed by atoms with Crippen molar-refractivity contribution in [1.82, 2.24) is 10.3 Å². The molecule has 0 radical (unpaired) electrons. The van der Waals surface area contributed by atoms with Crippen LogP contribution in [0.4, 0.5) is 5.69 Å². The van der Waals surface area contributed by atoms with Crippen molar-refractivity contribution in [1.29, 1.82) is 0 Å². The van der Waals surface area contributed by atoms with Gasteiger partial charge in [-0.05, 0) is 49.2 Å². The minimum Gasteiger partial charge on any atom is -0.362 e. The van der Waals surface area contributed by atoms with Gasteiger partial charge in [-0.15, -0.1) is 0 Å². The van der Waals surface area contributed by atoms with Crippen molar-refractivity contribution in [3.05, 3.63) is 60.4 Å². The standard InChI is InChI=1S/C17H21N3S/c21-17(20-16-10-13-18-14-11-16)19-12-6-2-5-9-15-7-3-1-4-8-15/h1,3-4,7-8,10-11,13-14H,2,5-6,9,12H2,(H2,18,19,20,21). The van der Waals surface area contributed by atoms with Gasteiger partial charge in [-0.2, -0.15) is 0 Å². The first kappa shape index (κ1) is 15.4. The first-order valence-corrected chi connectivity index (χ1v) is 7.74. The van der Waals surface area contributed by atoms with Crippen LogP contribution in [0.2, 0.25) is 0 Å². The lowest BCUT2D eigenvalue weighted by molar-refractivity contribution is 0.665. The van der Waals surface area contributed by atoms with Crippen molar-refractivity contribution in [2.75, 3.05) is 11.9 Å². The first-order chi connectivity index (χ1) is 10.3. The maximum Gasteiger partial charge on any atom is 0.170 e. The minimum atomic E-state index is 0.671. The highest BCUT2D eigenvalue weighted by molar-refractivity contribution is 7.80. The lowest BCUT2D eigenvalue weighted by Crippen LogP contribution is -2.29. The highest BCUT2D eigenvalue weighted by Gasteiger charge is 1.97. The van der Waals surface area contributed by atoms with E-state index in [0.29, 0.717) is 5.11 Å². The molecule has 110 valence electrons. The smallest absolute Gasteiger partial charge is 0.170 e. The summed E-state index contributed by atoms with van der Waals surface area (Å²) in [5, 5.41) is 7.04. The Hall–Kier alpha value is -1.94. The number of rotatable bonds is 7. The Kier molecular flexibility index (Phi) is 6.68. The van der Waals surface area contributed by atoms with Crippen molar-refractivity contribution in [3.63, 3.8) is 0 Å². The number of unbranched alkanes of at least 4 members (excludes halogenated alkanes) is 2. The second-order valence-corrected chi connectivity index (χ2v) is 5.32. The highest BCUT2D eigenvalue weighted by Crippen LogP contribution is 2.06. The fourth-order valence-corrected chi connectivity index (χ4v) is 2.31. The van der Waals surface area contributed by atoms with E-state index in [4.69, 9.17) is 12.2 Å². The number of aromatic nitrogens is 1. The summed E-state index contributed by atoms with van der Waals surface area (Å²) < 4.78 is 0. The van der Waals surface area contributed by atoms with E-state index in [-0.39, 0.29) is 0 Å².